The normalized spacial score (nSPS) is 10.4. The van der Waals surface area contributed by atoms with Crippen LogP contribution < -0.4 is 10.4 Å². The SMILES string of the molecule is C.CNC(=O)N(O)c1cccc(C(F)(F)F)c1. The molecule has 17 heavy (non-hydrogen) atoms. The Labute approximate surface area is 96.6 Å². The summed E-state index contributed by atoms with van der Waals surface area (Å²) in [6, 6.07) is 2.89. The Bertz CT molecular complexity index is 393. The van der Waals surface area contributed by atoms with E-state index < -0.39 is 17.8 Å². The molecule has 1 aromatic rings. The molecule has 0 aliphatic heterocycles. The van der Waals surface area contributed by atoms with Gasteiger partial charge in [0.05, 0.1) is 11.3 Å². The van der Waals surface area contributed by atoms with Crippen LogP contribution in [0.1, 0.15) is 13.0 Å². The summed E-state index contributed by atoms with van der Waals surface area (Å²) in [6.45, 7) is 0. The molecule has 7 heteroatoms. The van der Waals surface area contributed by atoms with Crippen molar-refractivity contribution in [1.29, 1.82) is 0 Å². The second kappa shape index (κ2) is 5.53. The van der Waals surface area contributed by atoms with Crippen LogP contribution in [-0.4, -0.2) is 18.3 Å². The quantitative estimate of drug-likeness (QED) is 0.594. The van der Waals surface area contributed by atoms with E-state index in [0.717, 1.165) is 12.1 Å². The van der Waals surface area contributed by atoms with Crippen LogP contribution in [0.4, 0.5) is 23.7 Å². The lowest BCUT2D eigenvalue weighted by Crippen LogP contribution is -2.35. The van der Waals surface area contributed by atoms with Crippen molar-refractivity contribution in [2.45, 2.75) is 13.6 Å². The number of urea groups is 1. The van der Waals surface area contributed by atoms with Crippen molar-refractivity contribution < 1.29 is 23.2 Å². The Balaban J connectivity index is 0.00000256. The van der Waals surface area contributed by atoms with Crippen molar-refractivity contribution in [2.75, 3.05) is 12.1 Å². The van der Waals surface area contributed by atoms with Crippen LogP contribution in [-0.2, 0) is 6.18 Å². The van der Waals surface area contributed by atoms with Gasteiger partial charge in [-0.25, -0.2) is 4.79 Å². The summed E-state index contributed by atoms with van der Waals surface area (Å²) in [7, 11) is 1.25. The number of hydrogen-bond acceptors (Lipinski definition) is 2. The third-order valence-electron chi connectivity index (χ3n) is 1.82. The fourth-order valence-electron chi connectivity index (χ4n) is 1.04. The second-order valence-electron chi connectivity index (χ2n) is 2.92. The molecular formula is C10H13F3N2O2. The van der Waals surface area contributed by atoms with Gasteiger partial charge in [0.2, 0.25) is 0 Å². The standard InChI is InChI=1S/C9H9F3N2O2.CH4/c1-13-8(15)14(16)7-4-2-3-6(5-7)9(10,11)12;/h2-5,16H,1H3,(H,13,15);1H4. The van der Waals surface area contributed by atoms with E-state index in [4.69, 9.17) is 0 Å². The number of nitrogens with one attached hydrogen (secondary N) is 1. The van der Waals surface area contributed by atoms with Crippen LogP contribution in [0.2, 0.25) is 0 Å². The van der Waals surface area contributed by atoms with Crippen LogP contribution in [0.5, 0.6) is 0 Å². The number of nitrogens with zero attached hydrogens (tertiary/aromatic N) is 1. The maximum absolute atomic E-state index is 12.3. The van der Waals surface area contributed by atoms with E-state index >= 15 is 0 Å². The molecule has 0 aliphatic rings. The van der Waals surface area contributed by atoms with E-state index in [1.165, 1.54) is 13.1 Å². The Morgan fingerprint density at radius 2 is 2.00 bits per heavy atom. The van der Waals surface area contributed by atoms with E-state index in [2.05, 4.69) is 5.32 Å². The molecule has 0 heterocycles. The summed E-state index contributed by atoms with van der Waals surface area (Å²) >= 11 is 0. The number of rotatable bonds is 1. The Kier molecular flexibility index (Phi) is 4.96. The Morgan fingerprint density at radius 1 is 1.41 bits per heavy atom. The highest BCUT2D eigenvalue weighted by molar-refractivity contribution is 5.89. The average Bonchev–Trinajstić information content (AvgIpc) is 2.26. The van der Waals surface area contributed by atoms with E-state index in [-0.39, 0.29) is 18.2 Å². The number of benzene rings is 1. The summed E-state index contributed by atoms with van der Waals surface area (Å²) in [4.78, 5) is 11.0. The minimum absolute atomic E-state index is 0. The zero-order chi connectivity index (χ0) is 12.3. The van der Waals surface area contributed by atoms with Crippen LogP contribution in [0, 0.1) is 0 Å². The van der Waals surface area contributed by atoms with Gasteiger partial charge >= 0.3 is 12.2 Å². The molecule has 0 unspecified atom stereocenters. The van der Waals surface area contributed by atoms with E-state index in [1.807, 2.05) is 0 Å². The largest absolute Gasteiger partial charge is 0.416 e. The smallest absolute Gasteiger partial charge is 0.339 e. The van der Waals surface area contributed by atoms with Crippen LogP contribution in [0.3, 0.4) is 0 Å². The third-order valence-corrected chi connectivity index (χ3v) is 1.82. The van der Waals surface area contributed by atoms with Gasteiger partial charge in [-0.1, -0.05) is 13.5 Å². The summed E-state index contributed by atoms with van der Waals surface area (Å²) < 4.78 is 36.9. The van der Waals surface area contributed by atoms with Crippen molar-refractivity contribution >= 4 is 11.7 Å². The predicted molar refractivity (Wildman–Crippen MR) is 56.9 cm³/mol. The first kappa shape index (κ1) is 15.2. The van der Waals surface area contributed by atoms with E-state index in [9.17, 15) is 23.2 Å². The maximum Gasteiger partial charge on any atom is 0.416 e. The average molecular weight is 250 g/mol. The van der Waals surface area contributed by atoms with Crippen LogP contribution in [0.15, 0.2) is 24.3 Å². The highest BCUT2D eigenvalue weighted by Gasteiger charge is 2.31. The van der Waals surface area contributed by atoms with Gasteiger partial charge in [-0.2, -0.15) is 18.2 Å². The summed E-state index contributed by atoms with van der Waals surface area (Å²) in [5.41, 5.74) is -1.19. The molecule has 0 saturated heterocycles. The lowest BCUT2D eigenvalue weighted by atomic mass is 10.2. The van der Waals surface area contributed by atoms with Gasteiger partial charge in [-0.3, -0.25) is 5.21 Å². The molecule has 0 aromatic heterocycles. The first-order valence-electron chi connectivity index (χ1n) is 4.24. The van der Waals surface area contributed by atoms with Gasteiger partial charge in [0.25, 0.3) is 0 Å². The molecular weight excluding hydrogens is 237 g/mol. The molecule has 2 amide bonds. The topological polar surface area (TPSA) is 52.6 Å². The fourth-order valence-corrected chi connectivity index (χ4v) is 1.04. The Hall–Kier alpha value is -1.76. The van der Waals surface area contributed by atoms with Crippen molar-refractivity contribution in [2.24, 2.45) is 0 Å². The molecule has 2 N–H and O–H groups in total. The minimum atomic E-state index is -4.51. The van der Waals surface area contributed by atoms with Crippen molar-refractivity contribution in [1.82, 2.24) is 5.32 Å². The lowest BCUT2D eigenvalue weighted by molar-refractivity contribution is -0.137. The Morgan fingerprint density at radius 3 is 2.47 bits per heavy atom. The molecule has 96 valence electrons. The van der Waals surface area contributed by atoms with Crippen LogP contribution >= 0.6 is 0 Å². The van der Waals surface area contributed by atoms with Crippen LogP contribution in [0.25, 0.3) is 0 Å². The number of halogens is 3. The van der Waals surface area contributed by atoms with Gasteiger partial charge in [0.15, 0.2) is 0 Å². The number of hydrogen-bond donors (Lipinski definition) is 2. The predicted octanol–water partition coefficient (Wildman–Crippen LogP) is 2.88. The molecule has 0 atom stereocenters. The van der Waals surface area contributed by atoms with Gasteiger partial charge in [0.1, 0.15) is 0 Å². The molecule has 0 saturated carbocycles. The third kappa shape index (κ3) is 3.63. The number of amides is 2. The molecule has 0 bridgehead atoms. The number of alkyl halides is 3. The van der Waals surface area contributed by atoms with E-state index in [1.54, 1.807) is 0 Å². The van der Waals surface area contributed by atoms with E-state index in [0.29, 0.717) is 6.07 Å². The highest BCUT2D eigenvalue weighted by atomic mass is 19.4. The molecule has 0 aliphatic carbocycles. The molecule has 0 radical (unpaired) electrons. The lowest BCUT2D eigenvalue weighted by Gasteiger charge is -2.15. The van der Waals surface area contributed by atoms with Crippen molar-refractivity contribution in [3.05, 3.63) is 29.8 Å². The molecule has 0 fully saturated rings. The number of carbonyl (C=O) groups excluding carboxylic acids is 1. The number of hydroxylamine groups is 1. The number of carbonyl (C=O) groups is 1. The minimum Gasteiger partial charge on any atom is -0.339 e. The highest BCUT2D eigenvalue weighted by Crippen LogP contribution is 2.31. The van der Waals surface area contributed by atoms with Gasteiger partial charge in [-0.05, 0) is 18.2 Å². The van der Waals surface area contributed by atoms with Gasteiger partial charge in [0, 0.05) is 7.05 Å². The fraction of sp³-hybridized carbons (Fsp3) is 0.300. The zero-order valence-corrected chi connectivity index (χ0v) is 8.25. The van der Waals surface area contributed by atoms with Gasteiger partial charge < -0.3 is 5.32 Å². The van der Waals surface area contributed by atoms with Crippen molar-refractivity contribution in [3.63, 3.8) is 0 Å². The van der Waals surface area contributed by atoms with Crippen molar-refractivity contribution in [3.8, 4) is 0 Å². The second-order valence-corrected chi connectivity index (χ2v) is 2.92. The zero-order valence-electron chi connectivity index (χ0n) is 8.25. The maximum atomic E-state index is 12.3. The summed E-state index contributed by atoms with van der Waals surface area (Å²) in [6.07, 6.45) is -4.51. The first-order chi connectivity index (χ1) is 7.36. The summed E-state index contributed by atoms with van der Waals surface area (Å²) in [5.74, 6) is 0. The molecule has 1 aromatic carbocycles. The summed E-state index contributed by atoms with van der Waals surface area (Å²) in [5, 5.41) is 11.4. The molecule has 0 spiro atoms. The number of anilines is 1. The monoisotopic (exact) mass is 250 g/mol. The molecule has 1 rings (SSSR count). The molecule has 4 nitrogen and oxygen atoms in total. The van der Waals surface area contributed by atoms with Gasteiger partial charge in [-0.15, -0.1) is 0 Å². The first-order valence-corrected chi connectivity index (χ1v) is 4.24.